The van der Waals surface area contributed by atoms with Gasteiger partial charge in [0.05, 0.1) is 23.9 Å². The van der Waals surface area contributed by atoms with Crippen LogP contribution in [0.15, 0.2) is 48.5 Å². The maximum Gasteiger partial charge on any atom is 2.00 e. The van der Waals surface area contributed by atoms with E-state index in [1.165, 1.54) is 24.3 Å². The van der Waals surface area contributed by atoms with Crippen LogP contribution in [0.2, 0.25) is 0 Å². The average Bonchev–Trinajstić information content (AvgIpc) is 2.55. The van der Waals surface area contributed by atoms with Crippen molar-refractivity contribution in [1.82, 2.24) is 0 Å². The van der Waals surface area contributed by atoms with Crippen LogP contribution >= 0.6 is 0 Å². The molecule has 0 bridgehead atoms. The van der Waals surface area contributed by atoms with Crippen LogP contribution in [-0.4, -0.2) is 118 Å². The van der Waals surface area contributed by atoms with E-state index < -0.39 is 23.9 Å². The van der Waals surface area contributed by atoms with Crippen molar-refractivity contribution in [3.05, 3.63) is 70.8 Å². The molecule has 26 heavy (non-hydrogen) atoms. The number of rotatable bonds is 4. The first-order valence-electron chi connectivity index (χ1n) is 6.29. The summed E-state index contributed by atoms with van der Waals surface area (Å²) in [5.41, 5.74) is -1.45. The van der Waals surface area contributed by atoms with Crippen molar-refractivity contribution >= 4 is 118 Å². The van der Waals surface area contributed by atoms with E-state index in [2.05, 4.69) is 0 Å². The van der Waals surface area contributed by atoms with E-state index in [-0.39, 0.29) is 117 Å². The number of carbonyl (C=O) groups excluding carboxylic acids is 4. The van der Waals surface area contributed by atoms with Crippen LogP contribution in [0.25, 0.3) is 0 Å². The van der Waals surface area contributed by atoms with Gasteiger partial charge in [0, 0.05) is 22.3 Å². The zero-order valence-corrected chi connectivity index (χ0v) is 21.2. The van der Waals surface area contributed by atoms with Crippen LogP contribution < -0.4 is 20.4 Å². The number of benzene rings is 2. The molecule has 0 heterocycles. The predicted octanol–water partition coefficient (Wildman–Crippen LogP) is -3.93. The molecule has 0 fully saturated rings. The van der Waals surface area contributed by atoms with Crippen molar-refractivity contribution in [1.29, 1.82) is 0 Å². The molecule has 2 rings (SSSR count). The van der Waals surface area contributed by atoms with E-state index in [0.717, 1.165) is 24.3 Å². The summed E-state index contributed by atoms with van der Waals surface area (Å²) >= 11 is 0. The normalized spacial score (nSPS) is 8.62. The fourth-order valence-corrected chi connectivity index (χ4v) is 1.68. The van der Waals surface area contributed by atoms with Gasteiger partial charge in [0.15, 0.2) is 0 Å². The molecule has 0 spiro atoms. The van der Waals surface area contributed by atoms with Crippen molar-refractivity contribution < 1.29 is 39.6 Å². The molecule has 0 aliphatic rings. The Balaban J connectivity index is 0. The van der Waals surface area contributed by atoms with Crippen molar-refractivity contribution in [2.24, 2.45) is 0 Å². The van der Waals surface area contributed by atoms with Crippen molar-refractivity contribution in [3.63, 3.8) is 0 Å². The molecule has 0 amide bonds. The Hall–Kier alpha value is -0.628. The SMILES string of the molecule is O=C([O-])c1ccccc1C(=O)[O-].O=C([O-])c1ccccc1C(=O)[O-].[Ba+2].[Sr+2]. The number of carboxylic acid groups (broad SMARTS) is 4. The number of hydrogen-bond acceptors (Lipinski definition) is 8. The van der Waals surface area contributed by atoms with Gasteiger partial charge in [0.2, 0.25) is 0 Å². The first-order chi connectivity index (χ1) is 11.3. The van der Waals surface area contributed by atoms with Gasteiger partial charge in [0.25, 0.3) is 0 Å². The molecule has 10 heteroatoms. The van der Waals surface area contributed by atoms with Crippen molar-refractivity contribution in [3.8, 4) is 0 Å². The van der Waals surface area contributed by atoms with E-state index in [0.29, 0.717) is 0 Å². The zero-order valence-electron chi connectivity index (χ0n) is 13.3. The van der Waals surface area contributed by atoms with Crippen LogP contribution in [0.5, 0.6) is 0 Å². The molecule has 0 N–H and O–H groups in total. The number of carboxylic acids is 4. The molecule has 8 nitrogen and oxygen atoms in total. The topological polar surface area (TPSA) is 161 Å². The number of hydrogen-bond donors (Lipinski definition) is 0. The van der Waals surface area contributed by atoms with Gasteiger partial charge in [-0.2, -0.15) is 0 Å². The first-order valence-corrected chi connectivity index (χ1v) is 6.29. The predicted molar refractivity (Wildman–Crippen MR) is 81.7 cm³/mol. The van der Waals surface area contributed by atoms with Crippen LogP contribution in [0.1, 0.15) is 41.4 Å². The third-order valence-corrected chi connectivity index (χ3v) is 2.73. The van der Waals surface area contributed by atoms with Gasteiger partial charge in [0.1, 0.15) is 0 Å². The van der Waals surface area contributed by atoms with Crippen LogP contribution in [0.3, 0.4) is 0 Å². The Morgan fingerprint density at radius 1 is 0.500 bits per heavy atom. The summed E-state index contributed by atoms with van der Waals surface area (Å²) in [7, 11) is 0. The van der Waals surface area contributed by atoms with Crippen LogP contribution in [0.4, 0.5) is 0 Å². The third-order valence-electron chi connectivity index (χ3n) is 2.73. The summed E-state index contributed by atoms with van der Waals surface area (Å²) in [6.45, 7) is 0. The Morgan fingerprint density at radius 2 is 0.654 bits per heavy atom. The summed E-state index contributed by atoms with van der Waals surface area (Å²) in [6.07, 6.45) is 0. The quantitative estimate of drug-likeness (QED) is 0.347. The minimum atomic E-state index is -1.52. The zero-order chi connectivity index (χ0) is 18.3. The molecule has 0 saturated heterocycles. The molecule has 0 aliphatic carbocycles. The molecular weight excluding hydrogens is 545 g/mol. The molecule has 0 saturated carbocycles. The minimum Gasteiger partial charge on any atom is -0.545 e. The van der Waals surface area contributed by atoms with Crippen LogP contribution in [0, 0.1) is 0 Å². The average molecular weight is 553 g/mol. The third kappa shape index (κ3) is 8.38. The second kappa shape index (κ2) is 13.5. The van der Waals surface area contributed by atoms with Crippen molar-refractivity contribution in [2.45, 2.75) is 0 Å². The summed E-state index contributed by atoms with van der Waals surface area (Å²) in [4.78, 5) is 41.3. The maximum atomic E-state index is 10.3. The summed E-state index contributed by atoms with van der Waals surface area (Å²) < 4.78 is 0. The van der Waals surface area contributed by atoms with Gasteiger partial charge in [-0.15, -0.1) is 0 Å². The first kappa shape index (κ1) is 27.6. The van der Waals surface area contributed by atoms with Gasteiger partial charge in [-0.25, -0.2) is 0 Å². The molecule has 0 atom stereocenters. The van der Waals surface area contributed by atoms with Crippen LogP contribution in [-0.2, 0) is 0 Å². The molecule has 0 unspecified atom stereocenters. The van der Waals surface area contributed by atoms with Gasteiger partial charge < -0.3 is 39.6 Å². The van der Waals surface area contributed by atoms with E-state index in [9.17, 15) is 39.6 Å². The number of carbonyl (C=O) groups is 4. The summed E-state index contributed by atoms with van der Waals surface area (Å²) in [6, 6.07) is 10.3. The Morgan fingerprint density at radius 3 is 0.769 bits per heavy atom. The smallest absolute Gasteiger partial charge is 0.545 e. The second-order valence-electron chi connectivity index (χ2n) is 4.24. The van der Waals surface area contributed by atoms with Gasteiger partial charge in [-0.3, -0.25) is 0 Å². The van der Waals surface area contributed by atoms with E-state index in [1.54, 1.807) is 0 Å². The molecular formula is C16H8BaO8Sr. The molecule has 2 aromatic carbocycles. The monoisotopic (exact) mass is 554 g/mol. The Labute approximate surface area is 225 Å². The Kier molecular flexibility index (Phi) is 14.4. The van der Waals surface area contributed by atoms with E-state index in [4.69, 9.17) is 0 Å². The number of aromatic carboxylic acids is 4. The van der Waals surface area contributed by atoms with E-state index >= 15 is 0 Å². The Bertz CT molecular complexity index is 673. The van der Waals surface area contributed by atoms with Gasteiger partial charge in [-0.1, -0.05) is 48.5 Å². The fourth-order valence-electron chi connectivity index (χ4n) is 1.68. The molecule has 124 valence electrons. The van der Waals surface area contributed by atoms with Crippen molar-refractivity contribution in [2.75, 3.05) is 0 Å². The largest absolute Gasteiger partial charge is 2.00 e. The molecule has 0 aromatic heterocycles. The van der Waals surface area contributed by atoms with Gasteiger partial charge in [-0.05, 0) is 0 Å². The second-order valence-corrected chi connectivity index (χ2v) is 4.24. The maximum absolute atomic E-state index is 10.3. The fraction of sp³-hybridized carbons (Fsp3) is 0. The summed E-state index contributed by atoms with van der Waals surface area (Å²) in [5.74, 6) is -6.07. The molecule has 0 aliphatic heterocycles. The summed E-state index contributed by atoms with van der Waals surface area (Å²) in [5, 5.41) is 41.3. The molecule has 2 aromatic rings. The minimum absolute atomic E-state index is 0. The standard InChI is InChI=1S/2C8H6O4.Ba.Sr/c2*9-7(10)5-3-1-2-4-6(5)8(11)12;;/h2*1-4H,(H,9,10)(H,11,12);;/q;;2*+2/p-4. The molecule has 0 radical (unpaired) electrons. The van der Waals surface area contributed by atoms with Gasteiger partial charge >= 0.3 is 94.4 Å². The van der Waals surface area contributed by atoms with E-state index in [1.807, 2.05) is 0 Å².